The third-order valence-electron chi connectivity index (χ3n) is 3.83. The molecule has 0 amide bonds. The number of aromatic nitrogens is 2. The van der Waals surface area contributed by atoms with Crippen LogP contribution in [-0.2, 0) is 11.3 Å². The highest BCUT2D eigenvalue weighted by molar-refractivity contribution is 5.25. The zero-order valence-electron chi connectivity index (χ0n) is 10.3. The average molecular weight is 237 g/mol. The molecule has 0 bridgehead atoms. The normalized spacial score (nSPS) is 22.1. The van der Waals surface area contributed by atoms with Gasteiger partial charge in [0.25, 0.3) is 0 Å². The van der Waals surface area contributed by atoms with Crippen molar-refractivity contribution in [2.24, 2.45) is 11.8 Å². The molecule has 5 nitrogen and oxygen atoms in total. The maximum Gasteiger partial charge on any atom is 0.324 e. The Labute approximate surface area is 101 Å². The summed E-state index contributed by atoms with van der Waals surface area (Å²) in [5.74, 6) is 2.59. The number of piperidine rings is 1. The van der Waals surface area contributed by atoms with Crippen LogP contribution in [0.5, 0.6) is 0 Å². The summed E-state index contributed by atoms with van der Waals surface area (Å²) in [6.45, 7) is 2.52. The summed E-state index contributed by atoms with van der Waals surface area (Å²) in [4.78, 5) is 6.53. The molecule has 0 unspecified atom stereocenters. The molecule has 0 N–H and O–H groups in total. The molecule has 1 saturated carbocycles. The molecule has 1 aliphatic carbocycles. The van der Waals surface area contributed by atoms with Crippen molar-refractivity contribution in [2.75, 3.05) is 25.1 Å². The second kappa shape index (κ2) is 4.64. The van der Waals surface area contributed by atoms with Gasteiger partial charge in [-0.2, -0.15) is 4.98 Å². The predicted octanol–water partition coefficient (Wildman–Crippen LogP) is 1.84. The van der Waals surface area contributed by atoms with E-state index in [0.717, 1.165) is 24.9 Å². The lowest BCUT2D eigenvalue weighted by atomic mass is 9.92. The fourth-order valence-electron chi connectivity index (χ4n) is 2.69. The lowest BCUT2D eigenvalue weighted by molar-refractivity contribution is 0.174. The number of methoxy groups -OCH3 is 1. The van der Waals surface area contributed by atoms with Crippen molar-refractivity contribution in [2.45, 2.75) is 32.3 Å². The Morgan fingerprint density at radius 1 is 1.24 bits per heavy atom. The van der Waals surface area contributed by atoms with Crippen LogP contribution in [0.4, 0.5) is 6.01 Å². The summed E-state index contributed by atoms with van der Waals surface area (Å²) in [5, 5.41) is 3.89. The Balaban J connectivity index is 1.57. The number of nitrogens with zero attached hydrogens (tertiary/aromatic N) is 3. The number of rotatable bonds is 4. The molecule has 1 aromatic rings. The Morgan fingerprint density at radius 3 is 2.59 bits per heavy atom. The van der Waals surface area contributed by atoms with E-state index in [2.05, 4.69) is 15.0 Å². The first kappa shape index (κ1) is 11.0. The highest BCUT2D eigenvalue weighted by Crippen LogP contribution is 2.42. The molecule has 0 spiro atoms. The van der Waals surface area contributed by atoms with Crippen LogP contribution < -0.4 is 4.90 Å². The van der Waals surface area contributed by atoms with Crippen molar-refractivity contribution in [3.63, 3.8) is 0 Å². The van der Waals surface area contributed by atoms with Crippen LogP contribution in [0.3, 0.4) is 0 Å². The van der Waals surface area contributed by atoms with Gasteiger partial charge in [-0.1, -0.05) is 5.16 Å². The van der Waals surface area contributed by atoms with Crippen molar-refractivity contribution >= 4 is 6.01 Å². The fourth-order valence-corrected chi connectivity index (χ4v) is 2.69. The zero-order chi connectivity index (χ0) is 11.7. The minimum absolute atomic E-state index is 0.419. The van der Waals surface area contributed by atoms with Gasteiger partial charge in [0.05, 0.1) is 0 Å². The number of hydrogen-bond acceptors (Lipinski definition) is 5. The summed E-state index contributed by atoms with van der Waals surface area (Å²) < 4.78 is 10.2. The van der Waals surface area contributed by atoms with Crippen LogP contribution in [0, 0.1) is 11.8 Å². The minimum atomic E-state index is 0.419. The number of ether oxygens (including phenoxy) is 1. The number of anilines is 1. The summed E-state index contributed by atoms with van der Waals surface area (Å²) in [5.41, 5.74) is 0. The molecule has 2 aliphatic rings. The molecule has 0 radical (unpaired) electrons. The van der Waals surface area contributed by atoms with E-state index in [9.17, 15) is 0 Å². The van der Waals surface area contributed by atoms with E-state index >= 15 is 0 Å². The van der Waals surface area contributed by atoms with Crippen LogP contribution in [0.15, 0.2) is 4.52 Å². The van der Waals surface area contributed by atoms with Gasteiger partial charge < -0.3 is 14.2 Å². The summed E-state index contributed by atoms with van der Waals surface area (Å²) in [7, 11) is 1.64. The lowest BCUT2D eigenvalue weighted by Gasteiger charge is -2.30. The molecule has 17 heavy (non-hydrogen) atoms. The van der Waals surface area contributed by atoms with E-state index in [-0.39, 0.29) is 0 Å². The monoisotopic (exact) mass is 237 g/mol. The first-order valence-electron chi connectivity index (χ1n) is 6.43. The van der Waals surface area contributed by atoms with E-state index in [4.69, 9.17) is 9.26 Å². The number of hydrogen-bond donors (Lipinski definition) is 0. The molecule has 94 valence electrons. The quantitative estimate of drug-likeness (QED) is 0.799. The van der Waals surface area contributed by atoms with E-state index in [1.807, 2.05) is 0 Å². The maximum atomic E-state index is 5.25. The van der Waals surface area contributed by atoms with Crippen molar-refractivity contribution in [1.82, 2.24) is 10.1 Å². The topological polar surface area (TPSA) is 51.4 Å². The Hall–Kier alpha value is -1.10. The third kappa shape index (κ3) is 2.44. The summed E-state index contributed by atoms with van der Waals surface area (Å²) in [6.07, 6.45) is 5.44. The Kier molecular flexibility index (Phi) is 3.01. The molecule has 0 atom stereocenters. The molecule has 2 heterocycles. The van der Waals surface area contributed by atoms with E-state index in [0.29, 0.717) is 18.4 Å². The Bertz CT molecular complexity index is 368. The second-order valence-corrected chi connectivity index (χ2v) is 5.09. The molecule has 5 heteroatoms. The van der Waals surface area contributed by atoms with Crippen LogP contribution >= 0.6 is 0 Å². The van der Waals surface area contributed by atoms with Gasteiger partial charge in [-0.3, -0.25) is 0 Å². The fraction of sp³-hybridized carbons (Fsp3) is 0.833. The van der Waals surface area contributed by atoms with Gasteiger partial charge >= 0.3 is 6.01 Å². The second-order valence-electron chi connectivity index (χ2n) is 5.09. The maximum absolute atomic E-state index is 5.25. The van der Waals surface area contributed by atoms with E-state index < -0.39 is 0 Å². The van der Waals surface area contributed by atoms with Crippen molar-refractivity contribution < 1.29 is 9.26 Å². The van der Waals surface area contributed by atoms with Gasteiger partial charge in [0, 0.05) is 20.2 Å². The van der Waals surface area contributed by atoms with Crippen molar-refractivity contribution in [3.05, 3.63) is 5.82 Å². The highest BCUT2D eigenvalue weighted by atomic mass is 16.5. The molecular formula is C12H19N3O2. The highest BCUT2D eigenvalue weighted by Gasteiger charge is 2.34. The predicted molar refractivity (Wildman–Crippen MR) is 62.7 cm³/mol. The molecule has 1 saturated heterocycles. The van der Waals surface area contributed by atoms with Gasteiger partial charge in [-0.05, 0) is 37.5 Å². The van der Waals surface area contributed by atoms with Crippen LogP contribution in [0.25, 0.3) is 0 Å². The first-order chi connectivity index (χ1) is 8.36. The summed E-state index contributed by atoms with van der Waals surface area (Å²) >= 11 is 0. The molecule has 3 rings (SSSR count). The molecular weight excluding hydrogens is 218 g/mol. The van der Waals surface area contributed by atoms with Gasteiger partial charge in [0.15, 0.2) is 5.82 Å². The van der Waals surface area contributed by atoms with Gasteiger partial charge in [0.2, 0.25) is 0 Å². The van der Waals surface area contributed by atoms with Gasteiger partial charge in [-0.15, -0.1) is 0 Å². The molecule has 1 aliphatic heterocycles. The van der Waals surface area contributed by atoms with Crippen molar-refractivity contribution in [1.29, 1.82) is 0 Å². The largest absolute Gasteiger partial charge is 0.377 e. The van der Waals surface area contributed by atoms with Crippen LogP contribution in [0.1, 0.15) is 31.5 Å². The van der Waals surface area contributed by atoms with E-state index in [1.54, 1.807) is 7.11 Å². The van der Waals surface area contributed by atoms with E-state index in [1.165, 1.54) is 25.7 Å². The van der Waals surface area contributed by atoms with Crippen LogP contribution in [-0.4, -0.2) is 30.3 Å². The molecule has 1 aromatic heterocycles. The van der Waals surface area contributed by atoms with Gasteiger partial charge in [-0.25, -0.2) is 0 Å². The summed E-state index contributed by atoms with van der Waals surface area (Å²) in [6, 6.07) is 0.659. The lowest BCUT2D eigenvalue weighted by Crippen LogP contribution is -2.34. The standard InChI is InChI=1S/C12H19N3O2/c1-16-8-11-13-12(17-14-11)15-6-4-10(5-7-15)9-2-3-9/h9-10H,2-8H2,1H3. The SMILES string of the molecule is COCc1noc(N2CCC(C3CC3)CC2)n1. The minimum Gasteiger partial charge on any atom is -0.377 e. The third-order valence-corrected chi connectivity index (χ3v) is 3.83. The molecule has 0 aromatic carbocycles. The first-order valence-corrected chi connectivity index (χ1v) is 6.43. The smallest absolute Gasteiger partial charge is 0.324 e. The zero-order valence-corrected chi connectivity index (χ0v) is 10.3. The van der Waals surface area contributed by atoms with Crippen LogP contribution in [0.2, 0.25) is 0 Å². The Morgan fingerprint density at radius 2 is 1.94 bits per heavy atom. The van der Waals surface area contributed by atoms with Gasteiger partial charge in [0.1, 0.15) is 6.61 Å². The molecule has 2 fully saturated rings. The van der Waals surface area contributed by atoms with Crippen molar-refractivity contribution in [3.8, 4) is 0 Å². The average Bonchev–Trinajstić information content (AvgIpc) is 3.11.